The molecule has 0 saturated heterocycles. The molecule has 1 amide bonds. The molecule has 2 unspecified atom stereocenters. The summed E-state index contributed by atoms with van der Waals surface area (Å²) in [7, 11) is 0. The van der Waals surface area contributed by atoms with Gasteiger partial charge in [-0.2, -0.15) is 0 Å². The number of fused-ring (bicyclic) bond motifs is 1. The summed E-state index contributed by atoms with van der Waals surface area (Å²) < 4.78 is 19.0. The minimum atomic E-state index is -1.03. The van der Waals surface area contributed by atoms with E-state index in [1.165, 1.54) is 19.1 Å². The molecule has 1 aliphatic heterocycles. The molecule has 0 spiro atoms. The van der Waals surface area contributed by atoms with Gasteiger partial charge in [0.15, 0.2) is 0 Å². The lowest BCUT2D eigenvalue weighted by atomic mass is 9.87. The number of hydrogen-bond donors (Lipinski definition) is 0. The van der Waals surface area contributed by atoms with E-state index in [1.807, 2.05) is 36.4 Å². The average molecular weight is 403 g/mol. The second kappa shape index (κ2) is 8.49. The van der Waals surface area contributed by atoms with Gasteiger partial charge >= 0.3 is 5.97 Å². The first-order valence-corrected chi connectivity index (χ1v) is 9.90. The minimum absolute atomic E-state index is 0.291. The smallest absolute Gasteiger partial charge is 0.303 e. The number of benzene rings is 3. The molecule has 4 nitrogen and oxygen atoms in total. The van der Waals surface area contributed by atoms with Crippen LogP contribution in [0.25, 0.3) is 0 Å². The van der Waals surface area contributed by atoms with Gasteiger partial charge in [-0.3, -0.25) is 9.59 Å². The number of carbonyl (C=O) groups is 2. The average Bonchev–Trinajstić information content (AvgIpc) is 2.77. The Labute approximate surface area is 174 Å². The van der Waals surface area contributed by atoms with E-state index in [2.05, 4.69) is 6.07 Å². The Morgan fingerprint density at radius 3 is 2.33 bits per heavy atom. The fraction of sp³-hybridized carbons (Fsp3) is 0.200. The van der Waals surface area contributed by atoms with Gasteiger partial charge in [0.05, 0.1) is 6.04 Å². The van der Waals surface area contributed by atoms with Crippen LogP contribution in [0.15, 0.2) is 78.9 Å². The third kappa shape index (κ3) is 3.96. The summed E-state index contributed by atoms with van der Waals surface area (Å²) in [6.07, 6.45) is -0.335. The van der Waals surface area contributed by atoms with Crippen LogP contribution in [0.3, 0.4) is 0 Å². The molecule has 0 radical (unpaired) electrons. The van der Waals surface area contributed by atoms with E-state index >= 15 is 0 Å². The number of nitrogens with zero attached hydrogens (tertiary/aromatic N) is 1. The molecule has 1 aliphatic rings. The monoisotopic (exact) mass is 403 g/mol. The Balaban J connectivity index is 1.77. The molecule has 0 fully saturated rings. The minimum Gasteiger partial charge on any atom is -0.447 e. The van der Waals surface area contributed by atoms with Crippen molar-refractivity contribution in [1.82, 2.24) is 4.90 Å². The van der Waals surface area contributed by atoms with E-state index in [0.717, 1.165) is 16.7 Å². The van der Waals surface area contributed by atoms with Gasteiger partial charge in [0.25, 0.3) is 5.91 Å². The third-order valence-corrected chi connectivity index (χ3v) is 5.36. The van der Waals surface area contributed by atoms with Gasteiger partial charge < -0.3 is 9.64 Å². The van der Waals surface area contributed by atoms with Gasteiger partial charge in [-0.05, 0) is 35.2 Å². The molecule has 0 bridgehead atoms. The molecule has 5 heteroatoms. The molecule has 2 atom stereocenters. The van der Waals surface area contributed by atoms with Crippen LogP contribution in [-0.2, 0) is 20.7 Å². The van der Waals surface area contributed by atoms with Crippen molar-refractivity contribution in [3.05, 3.63) is 107 Å². The highest BCUT2D eigenvalue weighted by molar-refractivity contribution is 5.85. The van der Waals surface area contributed by atoms with E-state index in [0.29, 0.717) is 18.5 Å². The van der Waals surface area contributed by atoms with E-state index in [1.54, 1.807) is 29.2 Å². The van der Waals surface area contributed by atoms with Crippen LogP contribution in [0.4, 0.5) is 4.39 Å². The van der Waals surface area contributed by atoms with E-state index in [-0.39, 0.29) is 17.8 Å². The first-order valence-electron chi connectivity index (χ1n) is 9.90. The molecule has 4 rings (SSSR count). The van der Waals surface area contributed by atoms with Crippen LogP contribution in [-0.4, -0.2) is 23.3 Å². The predicted octanol–water partition coefficient (Wildman–Crippen LogP) is 4.60. The second-order valence-electron chi connectivity index (χ2n) is 7.33. The van der Waals surface area contributed by atoms with Crippen molar-refractivity contribution in [2.24, 2.45) is 0 Å². The van der Waals surface area contributed by atoms with Gasteiger partial charge in [-0.25, -0.2) is 4.39 Å². The maximum atomic E-state index is 13.7. The van der Waals surface area contributed by atoms with Crippen molar-refractivity contribution in [1.29, 1.82) is 0 Å². The quantitative estimate of drug-likeness (QED) is 0.598. The van der Waals surface area contributed by atoms with Gasteiger partial charge in [-0.15, -0.1) is 0 Å². The van der Waals surface area contributed by atoms with E-state index in [4.69, 9.17) is 4.74 Å². The van der Waals surface area contributed by atoms with Crippen LogP contribution in [0.2, 0.25) is 0 Å². The lowest BCUT2D eigenvalue weighted by Crippen LogP contribution is -2.43. The molecule has 0 N–H and O–H groups in total. The molecule has 0 aliphatic carbocycles. The van der Waals surface area contributed by atoms with Crippen LogP contribution >= 0.6 is 0 Å². The Morgan fingerprint density at radius 2 is 1.63 bits per heavy atom. The first kappa shape index (κ1) is 19.8. The molecular formula is C25H22FNO3. The molecule has 30 heavy (non-hydrogen) atoms. The van der Waals surface area contributed by atoms with Crippen LogP contribution in [0.1, 0.15) is 41.3 Å². The van der Waals surface area contributed by atoms with Crippen molar-refractivity contribution in [2.45, 2.75) is 25.5 Å². The maximum Gasteiger partial charge on any atom is 0.303 e. The van der Waals surface area contributed by atoms with Gasteiger partial charge in [0.1, 0.15) is 5.82 Å². The summed E-state index contributed by atoms with van der Waals surface area (Å²) in [5, 5.41) is 0. The van der Waals surface area contributed by atoms with Crippen molar-refractivity contribution >= 4 is 11.9 Å². The summed E-state index contributed by atoms with van der Waals surface area (Å²) >= 11 is 0. The van der Waals surface area contributed by atoms with Crippen molar-refractivity contribution in [2.75, 3.05) is 6.54 Å². The fourth-order valence-corrected chi connectivity index (χ4v) is 4.01. The molecule has 3 aromatic carbocycles. The second-order valence-corrected chi connectivity index (χ2v) is 7.33. The maximum absolute atomic E-state index is 13.7. The highest BCUT2D eigenvalue weighted by Gasteiger charge is 2.37. The van der Waals surface area contributed by atoms with Crippen molar-refractivity contribution in [3.63, 3.8) is 0 Å². The Morgan fingerprint density at radius 1 is 0.967 bits per heavy atom. The Hall–Kier alpha value is -3.47. The summed E-state index contributed by atoms with van der Waals surface area (Å²) in [4.78, 5) is 27.2. The largest absolute Gasteiger partial charge is 0.447 e. The van der Waals surface area contributed by atoms with Crippen LogP contribution in [0, 0.1) is 5.82 Å². The standard InChI is InChI=1S/C25H22FNO3/c1-17(28)30-24(20-8-3-2-4-9-20)25(29)27-16-15-18-7-5-6-10-22(18)23(27)19-11-13-21(26)14-12-19/h2-14,23-24H,15-16H2,1H3. The summed E-state index contributed by atoms with van der Waals surface area (Å²) in [6.45, 7) is 1.77. The van der Waals surface area contributed by atoms with Gasteiger partial charge in [0, 0.05) is 19.0 Å². The summed E-state index contributed by atoms with van der Waals surface area (Å²) in [5.41, 5.74) is 3.58. The van der Waals surface area contributed by atoms with Crippen LogP contribution in [0.5, 0.6) is 0 Å². The summed E-state index contributed by atoms with van der Waals surface area (Å²) in [6, 6.07) is 22.8. The highest BCUT2D eigenvalue weighted by Crippen LogP contribution is 2.37. The molecule has 152 valence electrons. The van der Waals surface area contributed by atoms with Crippen LogP contribution < -0.4 is 0 Å². The van der Waals surface area contributed by atoms with Crippen molar-refractivity contribution < 1.29 is 18.7 Å². The van der Waals surface area contributed by atoms with Crippen molar-refractivity contribution in [3.8, 4) is 0 Å². The number of hydrogen-bond acceptors (Lipinski definition) is 3. The Kier molecular flexibility index (Phi) is 5.61. The lowest BCUT2D eigenvalue weighted by Gasteiger charge is -2.39. The number of esters is 1. The molecule has 3 aromatic rings. The number of ether oxygens (including phenoxy) is 1. The molecular weight excluding hydrogens is 381 g/mol. The summed E-state index contributed by atoms with van der Waals surface area (Å²) in [5.74, 6) is -1.14. The highest BCUT2D eigenvalue weighted by atomic mass is 19.1. The Bertz CT molecular complexity index is 1050. The molecule has 0 aromatic heterocycles. The fourth-order valence-electron chi connectivity index (χ4n) is 4.01. The van der Waals surface area contributed by atoms with E-state index < -0.39 is 12.1 Å². The zero-order valence-electron chi connectivity index (χ0n) is 16.6. The topological polar surface area (TPSA) is 46.6 Å². The third-order valence-electron chi connectivity index (χ3n) is 5.36. The number of rotatable bonds is 4. The predicted molar refractivity (Wildman–Crippen MR) is 111 cm³/mol. The number of halogens is 1. The number of carbonyl (C=O) groups excluding carboxylic acids is 2. The number of amides is 1. The molecule has 0 saturated carbocycles. The van der Waals surface area contributed by atoms with E-state index in [9.17, 15) is 14.0 Å². The van der Waals surface area contributed by atoms with Gasteiger partial charge in [0.2, 0.25) is 6.10 Å². The van der Waals surface area contributed by atoms with Gasteiger partial charge in [-0.1, -0.05) is 66.7 Å². The normalized spacial score (nSPS) is 16.5. The lowest BCUT2D eigenvalue weighted by molar-refractivity contribution is -0.160. The zero-order chi connectivity index (χ0) is 21.1. The molecule has 1 heterocycles. The zero-order valence-corrected chi connectivity index (χ0v) is 16.6. The SMILES string of the molecule is CC(=O)OC(C(=O)N1CCc2ccccc2C1c1ccc(F)cc1)c1ccccc1. The first-order chi connectivity index (χ1) is 14.5.